The Morgan fingerprint density at radius 1 is 1.45 bits per heavy atom. The summed E-state index contributed by atoms with van der Waals surface area (Å²) in [4.78, 5) is 0. The Morgan fingerprint density at radius 2 is 2.32 bits per heavy atom. The Balaban J connectivity index is 1.80. The fourth-order valence-electron chi connectivity index (χ4n) is 1.64. The Labute approximate surface area is 139 Å². The molecule has 6 nitrogen and oxygen atoms in total. The number of halogens is 1. The van der Waals surface area contributed by atoms with Crippen LogP contribution in [0, 0.1) is 0 Å². The van der Waals surface area contributed by atoms with E-state index in [1.54, 1.807) is 36.3 Å². The van der Waals surface area contributed by atoms with Crippen LogP contribution in [0.4, 0.5) is 5.69 Å². The topological polar surface area (TPSA) is 60.3 Å². The number of hydrogen-bond acceptors (Lipinski definition) is 4. The third-order valence-electron chi connectivity index (χ3n) is 2.64. The maximum Gasteiger partial charge on any atom is 0.180 e. The Hall–Kier alpha value is -1.83. The molecule has 1 heterocycles. The Morgan fingerprint density at radius 3 is 3.09 bits per heavy atom. The molecule has 0 radical (unpaired) electrons. The molecule has 1 aromatic carbocycles. The molecule has 0 aliphatic carbocycles. The van der Waals surface area contributed by atoms with Crippen LogP contribution >= 0.6 is 23.8 Å². The van der Waals surface area contributed by atoms with Gasteiger partial charge in [0.2, 0.25) is 0 Å². The van der Waals surface area contributed by atoms with E-state index in [2.05, 4.69) is 15.7 Å². The second kappa shape index (κ2) is 8.57. The first-order valence-corrected chi connectivity index (χ1v) is 7.40. The zero-order valence-corrected chi connectivity index (χ0v) is 13.7. The second-order valence-corrected chi connectivity index (χ2v) is 5.22. The van der Waals surface area contributed by atoms with Crippen LogP contribution in [0.3, 0.4) is 0 Å². The maximum absolute atomic E-state index is 5.90. The maximum atomic E-state index is 5.90. The molecule has 2 aromatic rings. The van der Waals surface area contributed by atoms with Crippen molar-refractivity contribution in [1.82, 2.24) is 15.1 Å². The van der Waals surface area contributed by atoms with Crippen LogP contribution < -0.4 is 15.4 Å². The average molecular weight is 341 g/mol. The van der Waals surface area contributed by atoms with Crippen LogP contribution in [-0.4, -0.2) is 35.2 Å². The molecule has 2 rings (SSSR count). The van der Waals surface area contributed by atoms with Gasteiger partial charge in [-0.3, -0.25) is 0 Å². The van der Waals surface area contributed by atoms with Gasteiger partial charge in [0.1, 0.15) is 5.75 Å². The fraction of sp³-hybridized carbons (Fsp3) is 0.286. The predicted molar refractivity (Wildman–Crippen MR) is 90.4 cm³/mol. The Bertz CT molecular complexity index is 620. The van der Waals surface area contributed by atoms with Crippen molar-refractivity contribution in [3.63, 3.8) is 0 Å². The molecule has 118 valence electrons. The second-order valence-electron chi connectivity index (χ2n) is 4.37. The van der Waals surface area contributed by atoms with E-state index in [-0.39, 0.29) is 6.73 Å². The molecule has 0 unspecified atom stereocenters. The van der Waals surface area contributed by atoms with Gasteiger partial charge in [-0.1, -0.05) is 17.7 Å². The van der Waals surface area contributed by atoms with E-state index in [0.717, 1.165) is 5.69 Å². The van der Waals surface area contributed by atoms with Crippen LogP contribution in [0.2, 0.25) is 5.02 Å². The van der Waals surface area contributed by atoms with E-state index in [0.29, 0.717) is 29.0 Å². The SMILES string of the molecule is COCCNC(=S)Nc1cnn(COc2cccc(Cl)c2)c1. The van der Waals surface area contributed by atoms with E-state index in [4.69, 9.17) is 33.3 Å². The van der Waals surface area contributed by atoms with E-state index >= 15 is 0 Å². The smallest absolute Gasteiger partial charge is 0.180 e. The summed E-state index contributed by atoms with van der Waals surface area (Å²) in [5, 5.41) is 11.4. The molecule has 0 spiro atoms. The predicted octanol–water partition coefficient (Wildman–Crippen LogP) is 2.51. The van der Waals surface area contributed by atoms with Gasteiger partial charge in [-0.05, 0) is 30.4 Å². The number of hydrogen-bond donors (Lipinski definition) is 2. The molecule has 22 heavy (non-hydrogen) atoms. The molecule has 0 atom stereocenters. The van der Waals surface area contributed by atoms with Crippen molar-refractivity contribution in [3.8, 4) is 5.75 Å². The lowest BCUT2D eigenvalue weighted by atomic mass is 10.3. The van der Waals surface area contributed by atoms with Crippen molar-refractivity contribution in [2.45, 2.75) is 6.73 Å². The summed E-state index contributed by atoms with van der Waals surface area (Å²) in [6.07, 6.45) is 3.47. The van der Waals surface area contributed by atoms with Crippen molar-refractivity contribution in [1.29, 1.82) is 0 Å². The summed E-state index contributed by atoms with van der Waals surface area (Å²) >= 11 is 11.1. The number of benzene rings is 1. The number of thiocarbonyl (C=S) groups is 1. The molecular formula is C14H17ClN4O2S. The van der Waals surface area contributed by atoms with Gasteiger partial charge in [0.15, 0.2) is 11.8 Å². The van der Waals surface area contributed by atoms with Gasteiger partial charge >= 0.3 is 0 Å². The summed E-state index contributed by atoms with van der Waals surface area (Å²) in [6.45, 7) is 1.52. The minimum absolute atomic E-state index is 0.284. The number of aromatic nitrogens is 2. The monoisotopic (exact) mass is 340 g/mol. The van der Waals surface area contributed by atoms with Gasteiger partial charge in [0.05, 0.1) is 24.7 Å². The van der Waals surface area contributed by atoms with Crippen LogP contribution in [0.5, 0.6) is 5.75 Å². The van der Waals surface area contributed by atoms with Gasteiger partial charge in [-0.15, -0.1) is 0 Å². The van der Waals surface area contributed by atoms with Gasteiger partial charge in [0.25, 0.3) is 0 Å². The zero-order chi connectivity index (χ0) is 15.8. The molecule has 2 N–H and O–H groups in total. The normalized spacial score (nSPS) is 10.3. The summed E-state index contributed by atoms with van der Waals surface area (Å²) in [5.74, 6) is 0.689. The molecule has 8 heteroatoms. The van der Waals surface area contributed by atoms with Gasteiger partial charge in [0, 0.05) is 18.7 Å². The molecule has 0 fully saturated rings. The van der Waals surface area contributed by atoms with Crippen LogP contribution in [0.25, 0.3) is 0 Å². The highest BCUT2D eigenvalue weighted by Gasteiger charge is 2.02. The highest BCUT2D eigenvalue weighted by atomic mass is 35.5. The highest BCUT2D eigenvalue weighted by Crippen LogP contribution is 2.17. The first kappa shape index (κ1) is 16.5. The van der Waals surface area contributed by atoms with Crippen molar-refractivity contribution in [2.75, 3.05) is 25.6 Å². The minimum Gasteiger partial charge on any atom is -0.471 e. The lowest BCUT2D eigenvalue weighted by Gasteiger charge is -2.08. The van der Waals surface area contributed by atoms with Crippen molar-refractivity contribution in [2.24, 2.45) is 0 Å². The van der Waals surface area contributed by atoms with E-state index < -0.39 is 0 Å². The molecule has 1 aromatic heterocycles. The average Bonchev–Trinajstić information content (AvgIpc) is 2.93. The summed E-state index contributed by atoms with van der Waals surface area (Å²) < 4.78 is 12.2. The fourth-order valence-corrected chi connectivity index (χ4v) is 2.04. The quantitative estimate of drug-likeness (QED) is 0.596. The van der Waals surface area contributed by atoms with Crippen LogP contribution in [-0.2, 0) is 11.5 Å². The van der Waals surface area contributed by atoms with E-state index in [9.17, 15) is 0 Å². The van der Waals surface area contributed by atoms with Gasteiger partial charge in [-0.2, -0.15) is 5.10 Å². The van der Waals surface area contributed by atoms with Crippen LogP contribution in [0.1, 0.15) is 0 Å². The van der Waals surface area contributed by atoms with Crippen molar-refractivity contribution in [3.05, 3.63) is 41.7 Å². The zero-order valence-electron chi connectivity index (χ0n) is 12.1. The molecule has 0 aliphatic heterocycles. The highest BCUT2D eigenvalue weighted by molar-refractivity contribution is 7.80. The molecule has 0 saturated carbocycles. The molecule has 0 saturated heterocycles. The number of nitrogens with zero attached hydrogens (tertiary/aromatic N) is 2. The summed E-state index contributed by atoms with van der Waals surface area (Å²) in [6, 6.07) is 7.21. The van der Waals surface area contributed by atoms with E-state index in [1.807, 2.05) is 12.1 Å². The van der Waals surface area contributed by atoms with Crippen molar-refractivity contribution >= 4 is 34.6 Å². The third kappa shape index (κ3) is 5.51. The standard InChI is InChI=1S/C14H17ClN4O2S/c1-20-6-5-16-14(22)18-12-8-17-19(9-12)10-21-13-4-2-3-11(15)7-13/h2-4,7-9H,5-6,10H2,1H3,(H2,16,18,22). The largest absolute Gasteiger partial charge is 0.471 e. The third-order valence-corrected chi connectivity index (χ3v) is 3.12. The number of ether oxygens (including phenoxy) is 2. The number of anilines is 1. The molecular weight excluding hydrogens is 324 g/mol. The minimum atomic E-state index is 0.284. The first-order chi connectivity index (χ1) is 10.7. The lowest BCUT2D eigenvalue weighted by Crippen LogP contribution is -2.30. The number of rotatable bonds is 7. The van der Waals surface area contributed by atoms with Crippen molar-refractivity contribution < 1.29 is 9.47 Å². The Kier molecular flexibility index (Phi) is 6.45. The van der Waals surface area contributed by atoms with E-state index in [1.165, 1.54) is 0 Å². The first-order valence-electron chi connectivity index (χ1n) is 6.62. The summed E-state index contributed by atoms with van der Waals surface area (Å²) in [5.41, 5.74) is 0.782. The van der Waals surface area contributed by atoms with Gasteiger partial charge < -0.3 is 20.1 Å². The van der Waals surface area contributed by atoms with Gasteiger partial charge in [-0.25, -0.2) is 4.68 Å². The molecule has 0 aliphatic rings. The molecule has 0 amide bonds. The number of nitrogens with one attached hydrogen (secondary N) is 2. The molecule has 0 bridgehead atoms. The number of methoxy groups -OCH3 is 1. The van der Waals surface area contributed by atoms with Crippen LogP contribution in [0.15, 0.2) is 36.7 Å². The lowest BCUT2D eigenvalue weighted by molar-refractivity contribution is 0.204. The summed E-state index contributed by atoms with van der Waals surface area (Å²) in [7, 11) is 1.64.